The fraction of sp³-hybridized carbons (Fsp3) is 0.478. The molecule has 0 radical (unpaired) electrons. The van der Waals surface area contributed by atoms with E-state index in [0.717, 1.165) is 49.0 Å². The Kier molecular flexibility index (Phi) is 6.06. The second-order valence-electron chi connectivity index (χ2n) is 8.21. The summed E-state index contributed by atoms with van der Waals surface area (Å²) in [6.07, 6.45) is 1.45. The second kappa shape index (κ2) is 8.91. The quantitative estimate of drug-likeness (QED) is 0.795. The van der Waals surface area contributed by atoms with Crippen LogP contribution < -0.4 is 19.9 Å². The van der Waals surface area contributed by atoms with Gasteiger partial charge in [-0.05, 0) is 45.7 Å². The molecule has 0 spiro atoms. The van der Waals surface area contributed by atoms with Crippen molar-refractivity contribution in [1.29, 1.82) is 0 Å². The minimum absolute atomic E-state index is 0.0309. The molecule has 2 aromatic rings. The summed E-state index contributed by atoms with van der Waals surface area (Å²) in [7, 11) is 0. The first-order chi connectivity index (χ1) is 14.9. The predicted molar refractivity (Wildman–Crippen MR) is 118 cm³/mol. The van der Waals surface area contributed by atoms with Crippen molar-refractivity contribution in [3.8, 4) is 5.75 Å². The Morgan fingerprint density at radius 2 is 1.94 bits per heavy atom. The normalized spacial score (nSPS) is 19.1. The van der Waals surface area contributed by atoms with Gasteiger partial charge in [0, 0.05) is 43.9 Å². The van der Waals surface area contributed by atoms with Crippen molar-refractivity contribution in [2.24, 2.45) is 0 Å². The van der Waals surface area contributed by atoms with Gasteiger partial charge < -0.3 is 19.9 Å². The number of ether oxygens (including phenoxy) is 1. The zero-order valence-electron chi connectivity index (χ0n) is 18.3. The minimum atomic E-state index is -0.545. The van der Waals surface area contributed by atoms with Gasteiger partial charge >= 0.3 is 0 Å². The van der Waals surface area contributed by atoms with E-state index in [1.165, 1.54) is 0 Å². The third-order valence-electron chi connectivity index (χ3n) is 5.77. The monoisotopic (exact) mass is 423 g/mol. The molecule has 8 nitrogen and oxygen atoms in total. The molecule has 0 saturated carbocycles. The first kappa shape index (κ1) is 21.1. The van der Waals surface area contributed by atoms with Gasteiger partial charge in [0.1, 0.15) is 17.4 Å². The number of amides is 2. The molecule has 4 rings (SSSR count). The number of carbonyl (C=O) groups excluding carboxylic acids is 2. The lowest BCUT2D eigenvalue weighted by Gasteiger charge is -2.34. The van der Waals surface area contributed by atoms with Crippen molar-refractivity contribution in [2.45, 2.75) is 52.2 Å². The molecule has 1 saturated heterocycles. The van der Waals surface area contributed by atoms with E-state index in [-0.39, 0.29) is 24.3 Å². The fourth-order valence-electron chi connectivity index (χ4n) is 4.21. The summed E-state index contributed by atoms with van der Waals surface area (Å²) in [5.41, 5.74) is 1.69. The summed E-state index contributed by atoms with van der Waals surface area (Å²) in [4.78, 5) is 37.9. The van der Waals surface area contributed by atoms with Crippen LogP contribution in [-0.4, -0.2) is 53.6 Å². The molecular weight excluding hydrogens is 394 g/mol. The molecule has 3 heterocycles. The number of piperidine rings is 1. The van der Waals surface area contributed by atoms with Gasteiger partial charge in [0.15, 0.2) is 6.10 Å². The molecule has 1 unspecified atom stereocenters. The lowest BCUT2D eigenvalue weighted by Crippen LogP contribution is -2.47. The summed E-state index contributed by atoms with van der Waals surface area (Å²) >= 11 is 0. The highest BCUT2D eigenvalue weighted by Crippen LogP contribution is 2.33. The predicted octanol–water partition coefficient (Wildman–Crippen LogP) is 2.38. The number of aromatic nitrogens is 2. The lowest BCUT2D eigenvalue weighted by atomic mass is 10.0. The zero-order valence-corrected chi connectivity index (χ0v) is 18.3. The van der Waals surface area contributed by atoms with E-state index in [4.69, 9.17) is 4.74 Å². The minimum Gasteiger partial charge on any atom is -0.479 e. The van der Waals surface area contributed by atoms with E-state index in [2.05, 4.69) is 20.2 Å². The Morgan fingerprint density at radius 1 is 1.19 bits per heavy atom. The van der Waals surface area contributed by atoms with Crippen molar-refractivity contribution in [3.05, 3.63) is 41.9 Å². The average Bonchev–Trinajstić information content (AvgIpc) is 2.74. The van der Waals surface area contributed by atoms with E-state index in [0.29, 0.717) is 12.3 Å². The number of benzene rings is 1. The number of hydrogen-bond donors (Lipinski definition) is 1. The second-order valence-corrected chi connectivity index (χ2v) is 8.21. The largest absolute Gasteiger partial charge is 0.479 e. The van der Waals surface area contributed by atoms with Gasteiger partial charge in [0.25, 0.3) is 5.91 Å². The van der Waals surface area contributed by atoms with E-state index in [1.54, 1.807) is 11.8 Å². The SMILES string of the molecule is Cc1cc(N2CCC(NC(=O)CCN3C(=O)C(C)Oc4ccccc43)CC2)nc(C)n1. The highest BCUT2D eigenvalue weighted by Gasteiger charge is 2.31. The topological polar surface area (TPSA) is 87.7 Å². The van der Waals surface area contributed by atoms with E-state index in [1.807, 2.05) is 44.2 Å². The Hall–Kier alpha value is -3.16. The number of nitrogens with one attached hydrogen (secondary N) is 1. The lowest BCUT2D eigenvalue weighted by molar-refractivity contribution is -0.125. The van der Waals surface area contributed by atoms with Crippen LogP contribution in [-0.2, 0) is 9.59 Å². The highest BCUT2D eigenvalue weighted by atomic mass is 16.5. The molecule has 1 atom stereocenters. The standard InChI is InChI=1S/C23H29N5O3/c1-15-14-21(25-17(3)24-15)27-11-8-18(9-12-27)26-22(29)10-13-28-19-6-4-5-7-20(19)31-16(2)23(28)30/h4-7,14,16,18H,8-13H2,1-3H3,(H,26,29). The van der Waals surface area contributed by atoms with E-state index in [9.17, 15) is 9.59 Å². The first-order valence-electron chi connectivity index (χ1n) is 10.8. The van der Waals surface area contributed by atoms with Gasteiger partial charge in [0.05, 0.1) is 5.69 Å². The van der Waals surface area contributed by atoms with Crippen LogP contribution in [0, 0.1) is 13.8 Å². The van der Waals surface area contributed by atoms with Crippen LogP contribution in [0.5, 0.6) is 5.75 Å². The van der Waals surface area contributed by atoms with Gasteiger partial charge in [-0.3, -0.25) is 9.59 Å². The maximum Gasteiger partial charge on any atom is 0.267 e. The van der Waals surface area contributed by atoms with Crippen LogP contribution in [0.3, 0.4) is 0 Å². The third-order valence-corrected chi connectivity index (χ3v) is 5.77. The summed E-state index contributed by atoms with van der Waals surface area (Å²) in [5.74, 6) is 2.26. The molecule has 2 amide bonds. The Labute approximate surface area is 182 Å². The Balaban J connectivity index is 1.29. The van der Waals surface area contributed by atoms with Crippen LogP contribution in [0.4, 0.5) is 11.5 Å². The summed E-state index contributed by atoms with van der Waals surface area (Å²) < 4.78 is 5.66. The van der Waals surface area contributed by atoms with Crippen molar-refractivity contribution < 1.29 is 14.3 Å². The number of para-hydroxylation sites is 2. The summed E-state index contributed by atoms with van der Waals surface area (Å²) in [6.45, 7) is 7.64. The third kappa shape index (κ3) is 4.78. The van der Waals surface area contributed by atoms with Gasteiger partial charge in [-0.1, -0.05) is 12.1 Å². The van der Waals surface area contributed by atoms with Crippen LogP contribution in [0.2, 0.25) is 0 Å². The number of carbonyl (C=O) groups is 2. The van der Waals surface area contributed by atoms with Crippen molar-refractivity contribution in [2.75, 3.05) is 29.4 Å². The van der Waals surface area contributed by atoms with Crippen LogP contribution in [0.15, 0.2) is 30.3 Å². The van der Waals surface area contributed by atoms with Crippen LogP contribution >= 0.6 is 0 Å². The molecule has 0 aliphatic carbocycles. The van der Waals surface area contributed by atoms with Crippen LogP contribution in [0.25, 0.3) is 0 Å². The first-order valence-corrected chi connectivity index (χ1v) is 10.8. The van der Waals surface area contributed by atoms with Crippen molar-refractivity contribution in [1.82, 2.24) is 15.3 Å². The zero-order chi connectivity index (χ0) is 22.0. The molecule has 1 aromatic heterocycles. The number of aryl methyl sites for hydroxylation is 2. The van der Waals surface area contributed by atoms with Crippen molar-refractivity contribution in [3.63, 3.8) is 0 Å². The Bertz CT molecular complexity index is 951. The molecule has 31 heavy (non-hydrogen) atoms. The molecule has 0 bridgehead atoms. The van der Waals surface area contributed by atoms with E-state index >= 15 is 0 Å². The molecule has 8 heteroatoms. The van der Waals surface area contributed by atoms with Gasteiger partial charge in [-0.2, -0.15) is 0 Å². The molecule has 1 N–H and O–H groups in total. The molecule has 2 aliphatic heterocycles. The van der Waals surface area contributed by atoms with Gasteiger partial charge in [0.2, 0.25) is 5.91 Å². The Morgan fingerprint density at radius 3 is 2.68 bits per heavy atom. The molecule has 164 valence electrons. The highest BCUT2D eigenvalue weighted by molar-refractivity contribution is 6.00. The number of hydrogen-bond acceptors (Lipinski definition) is 6. The molecule has 1 aromatic carbocycles. The van der Waals surface area contributed by atoms with Crippen molar-refractivity contribution >= 4 is 23.3 Å². The summed E-state index contributed by atoms with van der Waals surface area (Å²) in [5, 5.41) is 3.14. The number of rotatable bonds is 5. The van der Waals surface area contributed by atoms with E-state index < -0.39 is 6.10 Å². The maximum absolute atomic E-state index is 12.6. The smallest absolute Gasteiger partial charge is 0.267 e. The number of nitrogens with zero attached hydrogens (tertiary/aromatic N) is 4. The maximum atomic E-state index is 12.6. The molecule has 2 aliphatic rings. The van der Waals surface area contributed by atoms with Gasteiger partial charge in [-0.25, -0.2) is 9.97 Å². The average molecular weight is 424 g/mol. The molecule has 1 fully saturated rings. The van der Waals surface area contributed by atoms with Gasteiger partial charge in [-0.15, -0.1) is 0 Å². The molecular formula is C23H29N5O3. The summed E-state index contributed by atoms with van der Waals surface area (Å²) in [6, 6.07) is 9.59. The number of fused-ring (bicyclic) bond motifs is 1. The number of anilines is 2. The van der Waals surface area contributed by atoms with Crippen LogP contribution in [0.1, 0.15) is 37.7 Å². The fourth-order valence-corrected chi connectivity index (χ4v) is 4.21.